The summed E-state index contributed by atoms with van der Waals surface area (Å²) in [7, 11) is 1.63. The standard InChI is InChI=1S/C28H37N3O5/c1-21-5-10-25(22(2)17-21)36-20-28(34)11-14-30(15-12-28)18-23-6-8-24(9-7-23)35-16-4-13-31-26(32)19-29(3)27(31)33/h5-10,17,34H,4,11-16,18-20H2,1-3H3. The quantitative estimate of drug-likeness (QED) is 0.402. The van der Waals surface area contributed by atoms with Crippen molar-refractivity contribution in [2.45, 2.75) is 45.3 Å². The highest BCUT2D eigenvalue weighted by molar-refractivity contribution is 6.01. The van der Waals surface area contributed by atoms with Crippen LogP contribution in [0, 0.1) is 13.8 Å². The number of likely N-dealkylation sites (N-methyl/N-ethyl adjacent to an activating group) is 1. The van der Waals surface area contributed by atoms with Crippen molar-refractivity contribution in [1.82, 2.24) is 14.7 Å². The number of hydrogen-bond acceptors (Lipinski definition) is 6. The fraction of sp³-hybridized carbons (Fsp3) is 0.500. The normalized spacial score (nSPS) is 18.1. The van der Waals surface area contributed by atoms with Crippen LogP contribution >= 0.6 is 0 Å². The summed E-state index contributed by atoms with van der Waals surface area (Å²) >= 11 is 0. The molecule has 0 aliphatic carbocycles. The van der Waals surface area contributed by atoms with E-state index >= 15 is 0 Å². The number of amides is 3. The van der Waals surface area contributed by atoms with Crippen molar-refractivity contribution in [1.29, 1.82) is 0 Å². The van der Waals surface area contributed by atoms with Crippen molar-refractivity contribution in [3.8, 4) is 11.5 Å². The third kappa shape index (κ3) is 6.56. The van der Waals surface area contributed by atoms with Crippen molar-refractivity contribution in [3.63, 3.8) is 0 Å². The van der Waals surface area contributed by atoms with E-state index in [1.165, 1.54) is 20.9 Å². The van der Waals surface area contributed by atoms with Crippen LogP contribution < -0.4 is 9.47 Å². The number of hydrogen-bond donors (Lipinski definition) is 1. The third-order valence-corrected chi connectivity index (χ3v) is 6.97. The average molecular weight is 496 g/mol. The Morgan fingerprint density at radius 2 is 1.72 bits per heavy atom. The first-order chi connectivity index (χ1) is 17.2. The Labute approximate surface area is 213 Å². The number of imide groups is 1. The molecule has 2 heterocycles. The Bertz CT molecular complexity index is 1060. The van der Waals surface area contributed by atoms with Crippen molar-refractivity contribution in [2.75, 3.05) is 46.4 Å². The number of carbonyl (C=O) groups is 2. The zero-order valence-corrected chi connectivity index (χ0v) is 21.5. The van der Waals surface area contributed by atoms with Gasteiger partial charge in [0.2, 0.25) is 5.91 Å². The zero-order valence-electron chi connectivity index (χ0n) is 21.5. The zero-order chi connectivity index (χ0) is 25.7. The van der Waals surface area contributed by atoms with Gasteiger partial charge in [-0.25, -0.2) is 4.79 Å². The van der Waals surface area contributed by atoms with Crippen LogP contribution in [0.25, 0.3) is 0 Å². The van der Waals surface area contributed by atoms with Gasteiger partial charge in [0.15, 0.2) is 0 Å². The lowest BCUT2D eigenvalue weighted by Gasteiger charge is -2.38. The van der Waals surface area contributed by atoms with Gasteiger partial charge in [-0.3, -0.25) is 14.6 Å². The van der Waals surface area contributed by atoms with E-state index in [-0.39, 0.29) is 18.5 Å². The molecule has 36 heavy (non-hydrogen) atoms. The second kappa shape index (κ2) is 11.3. The van der Waals surface area contributed by atoms with Crippen LogP contribution in [0.3, 0.4) is 0 Å². The molecule has 2 fully saturated rings. The van der Waals surface area contributed by atoms with E-state index in [0.717, 1.165) is 36.7 Å². The van der Waals surface area contributed by atoms with E-state index in [0.29, 0.717) is 39.0 Å². The minimum absolute atomic E-state index is 0.151. The lowest BCUT2D eigenvalue weighted by molar-refractivity contribution is -0.125. The number of aliphatic hydroxyl groups is 1. The maximum Gasteiger partial charge on any atom is 0.326 e. The molecule has 8 heteroatoms. The average Bonchev–Trinajstić information content (AvgIpc) is 3.09. The fourth-order valence-electron chi connectivity index (χ4n) is 4.70. The fourth-order valence-corrected chi connectivity index (χ4v) is 4.70. The highest BCUT2D eigenvalue weighted by Crippen LogP contribution is 2.27. The van der Waals surface area contributed by atoms with Gasteiger partial charge in [0.25, 0.3) is 0 Å². The van der Waals surface area contributed by atoms with Gasteiger partial charge in [0.05, 0.1) is 6.61 Å². The van der Waals surface area contributed by atoms with E-state index in [2.05, 4.69) is 30.0 Å². The van der Waals surface area contributed by atoms with Gasteiger partial charge in [-0.15, -0.1) is 0 Å². The van der Waals surface area contributed by atoms with Crippen LogP contribution in [-0.2, 0) is 11.3 Å². The van der Waals surface area contributed by atoms with E-state index in [4.69, 9.17) is 9.47 Å². The molecule has 0 atom stereocenters. The molecule has 0 spiro atoms. The van der Waals surface area contributed by atoms with Crippen LogP contribution in [0.15, 0.2) is 42.5 Å². The molecule has 4 rings (SSSR count). The van der Waals surface area contributed by atoms with E-state index in [1.54, 1.807) is 7.05 Å². The number of aryl methyl sites for hydroxylation is 2. The molecule has 0 bridgehead atoms. The summed E-state index contributed by atoms with van der Waals surface area (Å²) in [5.74, 6) is 1.45. The molecule has 0 radical (unpaired) electrons. The molecule has 2 saturated heterocycles. The first kappa shape index (κ1) is 26.0. The number of benzene rings is 2. The number of ether oxygens (including phenoxy) is 2. The number of rotatable bonds is 10. The first-order valence-corrected chi connectivity index (χ1v) is 12.6. The van der Waals surface area contributed by atoms with E-state index in [1.807, 2.05) is 31.2 Å². The number of urea groups is 1. The summed E-state index contributed by atoms with van der Waals surface area (Å²) < 4.78 is 11.8. The summed E-state index contributed by atoms with van der Waals surface area (Å²) in [4.78, 5) is 28.8. The summed E-state index contributed by atoms with van der Waals surface area (Å²) in [5.41, 5.74) is 2.68. The van der Waals surface area contributed by atoms with Crippen LogP contribution in [0.5, 0.6) is 11.5 Å². The minimum Gasteiger partial charge on any atom is -0.494 e. The van der Waals surface area contributed by atoms with Crippen molar-refractivity contribution < 1.29 is 24.2 Å². The van der Waals surface area contributed by atoms with Crippen molar-refractivity contribution in [2.24, 2.45) is 0 Å². The second-order valence-electron chi connectivity index (χ2n) is 10.1. The van der Waals surface area contributed by atoms with Gasteiger partial charge in [-0.05, 0) is 62.4 Å². The Kier molecular flexibility index (Phi) is 8.16. The Morgan fingerprint density at radius 3 is 2.36 bits per heavy atom. The lowest BCUT2D eigenvalue weighted by Crippen LogP contribution is -2.47. The monoisotopic (exact) mass is 495 g/mol. The molecule has 2 aliphatic rings. The van der Waals surface area contributed by atoms with Gasteiger partial charge >= 0.3 is 6.03 Å². The SMILES string of the molecule is Cc1ccc(OCC2(O)CCN(Cc3ccc(OCCCN4C(=O)CN(C)C4=O)cc3)CC2)c(C)c1. The molecular weight excluding hydrogens is 458 g/mol. The molecule has 0 unspecified atom stereocenters. The van der Waals surface area contributed by atoms with Crippen LogP contribution in [0.4, 0.5) is 4.79 Å². The molecule has 2 aliphatic heterocycles. The third-order valence-electron chi connectivity index (χ3n) is 6.97. The molecule has 1 N–H and O–H groups in total. The van der Waals surface area contributed by atoms with Gasteiger partial charge in [-0.1, -0.05) is 29.8 Å². The molecule has 2 aromatic carbocycles. The number of carbonyl (C=O) groups excluding carboxylic acids is 2. The van der Waals surface area contributed by atoms with Gasteiger partial charge in [0.1, 0.15) is 30.3 Å². The molecule has 8 nitrogen and oxygen atoms in total. The summed E-state index contributed by atoms with van der Waals surface area (Å²) in [5, 5.41) is 11.0. The van der Waals surface area contributed by atoms with E-state index < -0.39 is 5.60 Å². The Morgan fingerprint density at radius 1 is 1.00 bits per heavy atom. The highest BCUT2D eigenvalue weighted by Gasteiger charge is 2.34. The smallest absolute Gasteiger partial charge is 0.326 e. The molecular formula is C28H37N3O5. The van der Waals surface area contributed by atoms with Gasteiger partial charge in [0, 0.05) is 33.2 Å². The predicted octanol–water partition coefficient (Wildman–Crippen LogP) is 3.37. The summed E-state index contributed by atoms with van der Waals surface area (Å²) in [6, 6.07) is 13.9. The predicted molar refractivity (Wildman–Crippen MR) is 137 cm³/mol. The van der Waals surface area contributed by atoms with Crippen LogP contribution in [0.1, 0.15) is 36.0 Å². The highest BCUT2D eigenvalue weighted by atomic mass is 16.5. The van der Waals surface area contributed by atoms with Crippen molar-refractivity contribution in [3.05, 3.63) is 59.2 Å². The van der Waals surface area contributed by atoms with Gasteiger partial charge in [-0.2, -0.15) is 0 Å². The molecule has 3 amide bonds. The number of nitrogens with zero attached hydrogens (tertiary/aromatic N) is 3. The molecule has 0 aromatic heterocycles. The number of likely N-dealkylation sites (tertiary alicyclic amines) is 1. The Balaban J connectivity index is 1.16. The Hall–Kier alpha value is -3.10. The number of piperidine rings is 1. The lowest BCUT2D eigenvalue weighted by atomic mass is 9.92. The van der Waals surface area contributed by atoms with Crippen LogP contribution in [-0.4, -0.2) is 83.8 Å². The second-order valence-corrected chi connectivity index (χ2v) is 10.1. The largest absolute Gasteiger partial charge is 0.494 e. The maximum atomic E-state index is 11.9. The van der Waals surface area contributed by atoms with Gasteiger partial charge < -0.3 is 19.5 Å². The first-order valence-electron chi connectivity index (χ1n) is 12.6. The molecule has 2 aromatic rings. The molecule has 194 valence electrons. The van der Waals surface area contributed by atoms with E-state index in [9.17, 15) is 14.7 Å². The minimum atomic E-state index is -0.800. The van der Waals surface area contributed by atoms with Crippen molar-refractivity contribution >= 4 is 11.9 Å². The molecule has 0 saturated carbocycles. The summed E-state index contributed by atoms with van der Waals surface area (Å²) in [6.07, 6.45) is 1.95. The summed E-state index contributed by atoms with van der Waals surface area (Å²) in [6.45, 7) is 7.81. The van der Waals surface area contributed by atoms with Crippen LogP contribution in [0.2, 0.25) is 0 Å². The topological polar surface area (TPSA) is 82.6 Å². The maximum absolute atomic E-state index is 11.9.